The van der Waals surface area contributed by atoms with Gasteiger partial charge in [-0.3, -0.25) is 0 Å². The minimum Gasteiger partial charge on any atom is -0.308 e. The molecule has 0 bridgehead atoms. The Kier molecular flexibility index (Phi) is 3.48. The monoisotopic (exact) mass is 274 g/mol. The van der Waals surface area contributed by atoms with E-state index in [1.165, 1.54) is 35.4 Å². The molecule has 2 aromatic heterocycles. The molecule has 0 radical (unpaired) electrons. The third-order valence-electron chi connectivity index (χ3n) is 3.53. The van der Waals surface area contributed by atoms with Crippen LogP contribution in [0, 0.1) is 6.92 Å². The molecule has 0 fully saturated rings. The molecule has 3 rings (SSSR count). The molecule has 100 valence electrons. The van der Waals surface area contributed by atoms with Crippen LogP contribution in [0.2, 0.25) is 0 Å². The van der Waals surface area contributed by atoms with E-state index in [0.29, 0.717) is 0 Å². The molecule has 5 heteroatoms. The molecule has 1 aliphatic carbocycles. The van der Waals surface area contributed by atoms with Crippen LogP contribution in [0.5, 0.6) is 0 Å². The third kappa shape index (κ3) is 2.48. The van der Waals surface area contributed by atoms with Crippen molar-refractivity contribution in [3.63, 3.8) is 0 Å². The Hall–Kier alpha value is -1.46. The van der Waals surface area contributed by atoms with E-state index in [1.807, 2.05) is 0 Å². The number of hydrogen-bond donors (Lipinski definition) is 2. The summed E-state index contributed by atoms with van der Waals surface area (Å²) in [6, 6.07) is 4.18. The van der Waals surface area contributed by atoms with Gasteiger partial charge in [-0.05, 0) is 44.7 Å². The molecule has 2 heterocycles. The number of hydrazine groups is 1. The van der Waals surface area contributed by atoms with E-state index in [0.717, 1.165) is 29.4 Å². The fourth-order valence-corrected chi connectivity index (χ4v) is 3.36. The Bertz CT molecular complexity index is 591. The van der Waals surface area contributed by atoms with Crippen LogP contribution < -0.4 is 11.3 Å². The van der Waals surface area contributed by atoms with Crippen molar-refractivity contribution in [1.82, 2.24) is 9.97 Å². The molecule has 0 spiro atoms. The lowest BCUT2D eigenvalue weighted by atomic mass is 10.1. The van der Waals surface area contributed by atoms with Crippen molar-refractivity contribution in [3.05, 3.63) is 28.3 Å². The van der Waals surface area contributed by atoms with Crippen molar-refractivity contribution in [1.29, 1.82) is 0 Å². The van der Waals surface area contributed by atoms with E-state index in [4.69, 9.17) is 10.8 Å². The number of anilines is 1. The average Bonchev–Trinajstić information content (AvgIpc) is 2.72. The number of rotatable bonds is 2. The van der Waals surface area contributed by atoms with E-state index >= 15 is 0 Å². The molecule has 19 heavy (non-hydrogen) atoms. The van der Waals surface area contributed by atoms with Gasteiger partial charge in [0.1, 0.15) is 5.82 Å². The molecule has 0 atom stereocenters. The summed E-state index contributed by atoms with van der Waals surface area (Å²) in [6.07, 6.45) is 5.72. The summed E-state index contributed by atoms with van der Waals surface area (Å²) in [4.78, 5) is 11.7. The second kappa shape index (κ2) is 5.27. The van der Waals surface area contributed by atoms with Gasteiger partial charge in [0, 0.05) is 16.1 Å². The number of nitrogens with zero attached hydrogens (tertiary/aromatic N) is 2. The van der Waals surface area contributed by atoms with E-state index in [2.05, 4.69) is 29.5 Å². The Labute approximate surface area is 117 Å². The topological polar surface area (TPSA) is 63.8 Å². The summed E-state index contributed by atoms with van der Waals surface area (Å²) < 4.78 is 0. The highest BCUT2D eigenvalue weighted by Crippen LogP contribution is 2.30. The minimum absolute atomic E-state index is 0.798. The molecule has 4 nitrogen and oxygen atoms in total. The Balaban J connectivity index is 2.09. The SMILES string of the molecule is Cc1ccc(-c2nc3c(c(NN)n2)CCCCC3)s1. The van der Waals surface area contributed by atoms with Gasteiger partial charge in [0.25, 0.3) is 0 Å². The van der Waals surface area contributed by atoms with E-state index in [1.54, 1.807) is 11.3 Å². The predicted octanol–water partition coefficient (Wildman–Crippen LogP) is 3.07. The summed E-state index contributed by atoms with van der Waals surface area (Å²) >= 11 is 1.72. The summed E-state index contributed by atoms with van der Waals surface area (Å²) in [5.74, 6) is 7.24. The lowest BCUT2D eigenvalue weighted by Crippen LogP contribution is -2.14. The fraction of sp³-hybridized carbons (Fsp3) is 0.429. The first kappa shape index (κ1) is 12.6. The van der Waals surface area contributed by atoms with Crippen LogP contribution in [0.3, 0.4) is 0 Å². The molecule has 1 aliphatic rings. The lowest BCUT2D eigenvalue weighted by Gasteiger charge is -2.11. The number of nitrogens with two attached hydrogens (primary N) is 1. The lowest BCUT2D eigenvalue weighted by molar-refractivity contribution is 0.709. The number of aromatic nitrogens is 2. The average molecular weight is 274 g/mol. The van der Waals surface area contributed by atoms with Crippen LogP contribution in [-0.2, 0) is 12.8 Å². The van der Waals surface area contributed by atoms with Crippen molar-refractivity contribution in [2.45, 2.75) is 39.0 Å². The minimum atomic E-state index is 0.798. The van der Waals surface area contributed by atoms with Crippen LogP contribution >= 0.6 is 11.3 Å². The molecule has 2 aromatic rings. The van der Waals surface area contributed by atoms with Gasteiger partial charge in [-0.1, -0.05) is 6.42 Å². The number of nitrogens with one attached hydrogen (secondary N) is 1. The van der Waals surface area contributed by atoms with Gasteiger partial charge in [0.2, 0.25) is 0 Å². The predicted molar refractivity (Wildman–Crippen MR) is 79.2 cm³/mol. The highest BCUT2D eigenvalue weighted by molar-refractivity contribution is 7.15. The zero-order valence-corrected chi connectivity index (χ0v) is 11.9. The molecule has 0 aromatic carbocycles. The first-order valence-electron chi connectivity index (χ1n) is 6.71. The molecule has 0 saturated carbocycles. The normalized spacial score (nSPS) is 14.8. The number of hydrogen-bond acceptors (Lipinski definition) is 5. The first-order valence-corrected chi connectivity index (χ1v) is 7.53. The van der Waals surface area contributed by atoms with Crippen LogP contribution in [0.4, 0.5) is 5.82 Å². The van der Waals surface area contributed by atoms with E-state index in [9.17, 15) is 0 Å². The maximum Gasteiger partial charge on any atom is 0.171 e. The smallest absolute Gasteiger partial charge is 0.171 e. The standard InChI is InChI=1S/C14H18N4S/c1-9-7-8-12(19-9)14-16-11-6-4-2-3-5-10(11)13(17-14)18-15/h7-8H,2-6,15H2,1H3,(H,16,17,18). The molecule has 3 N–H and O–H groups in total. The Morgan fingerprint density at radius 2 is 2.00 bits per heavy atom. The number of aryl methyl sites for hydroxylation is 2. The van der Waals surface area contributed by atoms with Gasteiger partial charge in [-0.25, -0.2) is 15.8 Å². The second-order valence-corrected chi connectivity index (χ2v) is 6.22. The largest absolute Gasteiger partial charge is 0.308 e. The number of fused-ring (bicyclic) bond motifs is 1. The third-order valence-corrected chi connectivity index (χ3v) is 4.53. The van der Waals surface area contributed by atoms with Crippen molar-refractivity contribution in [2.24, 2.45) is 5.84 Å². The molecule has 0 amide bonds. The Morgan fingerprint density at radius 1 is 1.16 bits per heavy atom. The quantitative estimate of drug-likeness (QED) is 0.502. The van der Waals surface area contributed by atoms with Gasteiger partial charge in [-0.15, -0.1) is 11.3 Å². The summed E-state index contributed by atoms with van der Waals surface area (Å²) in [6.45, 7) is 2.10. The van der Waals surface area contributed by atoms with Gasteiger partial charge in [0.15, 0.2) is 5.82 Å². The molecule has 0 unspecified atom stereocenters. The Morgan fingerprint density at radius 3 is 2.74 bits per heavy atom. The highest BCUT2D eigenvalue weighted by atomic mass is 32.1. The van der Waals surface area contributed by atoms with Crippen molar-refractivity contribution < 1.29 is 0 Å². The van der Waals surface area contributed by atoms with Crippen molar-refractivity contribution >= 4 is 17.2 Å². The van der Waals surface area contributed by atoms with Crippen molar-refractivity contribution in [2.75, 3.05) is 5.43 Å². The van der Waals surface area contributed by atoms with Crippen LogP contribution in [-0.4, -0.2) is 9.97 Å². The zero-order chi connectivity index (χ0) is 13.2. The first-order chi connectivity index (χ1) is 9.28. The summed E-state index contributed by atoms with van der Waals surface area (Å²) in [5, 5.41) is 0. The van der Waals surface area contributed by atoms with Crippen LogP contribution in [0.1, 0.15) is 35.4 Å². The van der Waals surface area contributed by atoms with Gasteiger partial charge < -0.3 is 5.43 Å². The highest BCUT2D eigenvalue weighted by Gasteiger charge is 2.17. The number of thiophene rings is 1. The summed E-state index contributed by atoms with van der Waals surface area (Å²) in [5.41, 5.74) is 5.13. The van der Waals surface area contributed by atoms with E-state index < -0.39 is 0 Å². The van der Waals surface area contributed by atoms with Crippen LogP contribution in [0.25, 0.3) is 10.7 Å². The van der Waals surface area contributed by atoms with Crippen LogP contribution in [0.15, 0.2) is 12.1 Å². The molecule has 0 aliphatic heterocycles. The molecule has 0 saturated heterocycles. The van der Waals surface area contributed by atoms with Crippen molar-refractivity contribution in [3.8, 4) is 10.7 Å². The number of nitrogen functional groups attached to an aromatic ring is 1. The maximum absolute atomic E-state index is 5.64. The summed E-state index contributed by atoms with van der Waals surface area (Å²) in [7, 11) is 0. The van der Waals surface area contributed by atoms with Gasteiger partial charge in [-0.2, -0.15) is 0 Å². The maximum atomic E-state index is 5.64. The van der Waals surface area contributed by atoms with E-state index in [-0.39, 0.29) is 0 Å². The van der Waals surface area contributed by atoms with Gasteiger partial charge >= 0.3 is 0 Å². The fourth-order valence-electron chi connectivity index (χ4n) is 2.56. The van der Waals surface area contributed by atoms with Gasteiger partial charge in [0.05, 0.1) is 4.88 Å². The zero-order valence-electron chi connectivity index (χ0n) is 11.1. The molecular formula is C14H18N4S. The second-order valence-electron chi connectivity index (χ2n) is 4.94. The molecular weight excluding hydrogens is 256 g/mol.